The van der Waals surface area contributed by atoms with Gasteiger partial charge in [-0.2, -0.15) is 0 Å². The number of guanidine groups is 1. The molecular formula is C12H23IN4OS. The molecule has 1 aromatic rings. The molecular weight excluding hydrogens is 375 g/mol. The maximum absolute atomic E-state index is 5.25. The van der Waals surface area contributed by atoms with E-state index in [2.05, 4.69) is 32.9 Å². The number of aryl methyl sites for hydroxylation is 1. The van der Waals surface area contributed by atoms with E-state index in [9.17, 15) is 0 Å². The van der Waals surface area contributed by atoms with Crippen LogP contribution in [0.3, 0.4) is 0 Å². The highest BCUT2D eigenvalue weighted by atomic mass is 127. The maximum atomic E-state index is 5.25. The van der Waals surface area contributed by atoms with E-state index in [4.69, 9.17) is 4.74 Å². The van der Waals surface area contributed by atoms with E-state index in [-0.39, 0.29) is 24.0 Å². The molecule has 0 radical (unpaired) electrons. The van der Waals surface area contributed by atoms with Crippen LogP contribution in [0, 0.1) is 0 Å². The Balaban J connectivity index is 0.00000324. The van der Waals surface area contributed by atoms with Crippen LogP contribution in [0.25, 0.3) is 0 Å². The standard InChI is InChI=1S/C12H22N4OS.HI/c1-4-11-16-10(9-18-11)8-15-12(13-3)14-6-7-17-5-2;/h9H,4-8H2,1-3H3,(H2,13,14,15);1H. The Hall–Kier alpha value is -0.410. The van der Waals surface area contributed by atoms with Crippen LogP contribution in [0.4, 0.5) is 0 Å². The average molecular weight is 398 g/mol. The smallest absolute Gasteiger partial charge is 0.191 e. The van der Waals surface area contributed by atoms with Gasteiger partial charge in [-0.15, -0.1) is 35.3 Å². The molecule has 19 heavy (non-hydrogen) atoms. The van der Waals surface area contributed by atoms with Crippen molar-refractivity contribution < 1.29 is 4.74 Å². The van der Waals surface area contributed by atoms with Gasteiger partial charge in [0.1, 0.15) is 0 Å². The molecule has 0 saturated carbocycles. The van der Waals surface area contributed by atoms with E-state index in [1.807, 2.05) is 6.92 Å². The van der Waals surface area contributed by atoms with Crippen molar-refractivity contribution in [3.05, 3.63) is 16.1 Å². The van der Waals surface area contributed by atoms with E-state index in [0.717, 1.165) is 31.2 Å². The number of nitrogens with zero attached hydrogens (tertiary/aromatic N) is 2. The zero-order valence-electron chi connectivity index (χ0n) is 11.7. The molecule has 110 valence electrons. The summed E-state index contributed by atoms with van der Waals surface area (Å²) in [7, 11) is 1.76. The summed E-state index contributed by atoms with van der Waals surface area (Å²) in [5, 5.41) is 9.67. The van der Waals surface area contributed by atoms with Crippen LogP contribution < -0.4 is 10.6 Å². The number of ether oxygens (including phenoxy) is 1. The lowest BCUT2D eigenvalue weighted by atomic mass is 10.4. The van der Waals surface area contributed by atoms with Crippen molar-refractivity contribution in [1.29, 1.82) is 0 Å². The second-order valence-electron chi connectivity index (χ2n) is 3.64. The van der Waals surface area contributed by atoms with E-state index in [1.165, 1.54) is 5.01 Å². The molecule has 0 atom stereocenters. The summed E-state index contributed by atoms with van der Waals surface area (Å²) in [5.74, 6) is 0.778. The minimum Gasteiger partial charge on any atom is -0.380 e. The van der Waals surface area contributed by atoms with Gasteiger partial charge in [0.15, 0.2) is 5.96 Å². The first-order valence-electron chi connectivity index (χ1n) is 6.25. The lowest BCUT2D eigenvalue weighted by Crippen LogP contribution is -2.38. The van der Waals surface area contributed by atoms with Crippen LogP contribution >= 0.6 is 35.3 Å². The third-order valence-corrected chi connectivity index (χ3v) is 3.35. The fourth-order valence-electron chi connectivity index (χ4n) is 1.37. The first-order chi connectivity index (χ1) is 8.80. The van der Waals surface area contributed by atoms with Gasteiger partial charge in [-0.05, 0) is 13.3 Å². The lowest BCUT2D eigenvalue weighted by Gasteiger charge is -2.10. The van der Waals surface area contributed by atoms with Crippen molar-refractivity contribution in [3.8, 4) is 0 Å². The highest BCUT2D eigenvalue weighted by Gasteiger charge is 2.01. The van der Waals surface area contributed by atoms with Crippen molar-refractivity contribution in [1.82, 2.24) is 15.6 Å². The lowest BCUT2D eigenvalue weighted by molar-refractivity contribution is 0.152. The van der Waals surface area contributed by atoms with Gasteiger partial charge in [-0.3, -0.25) is 4.99 Å². The van der Waals surface area contributed by atoms with Crippen molar-refractivity contribution in [3.63, 3.8) is 0 Å². The average Bonchev–Trinajstić information content (AvgIpc) is 2.86. The second-order valence-corrected chi connectivity index (χ2v) is 4.58. The number of hydrogen-bond donors (Lipinski definition) is 2. The largest absolute Gasteiger partial charge is 0.380 e. The summed E-state index contributed by atoms with van der Waals surface area (Å²) in [5.41, 5.74) is 1.06. The van der Waals surface area contributed by atoms with Crippen LogP contribution in [0.2, 0.25) is 0 Å². The van der Waals surface area contributed by atoms with E-state index >= 15 is 0 Å². The van der Waals surface area contributed by atoms with Gasteiger partial charge in [-0.1, -0.05) is 6.92 Å². The number of aliphatic imine (C=N–C) groups is 1. The van der Waals surface area contributed by atoms with Gasteiger partial charge in [0, 0.05) is 25.6 Å². The molecule has 7 heteroatoms. The Morgan fingerprint density at radius 2 is 2.21 bits per heavy atom. The molecule has 0 unspecified atom stereocenters. The number of rotatable bonds is 7. The van der Waals surface area contributed by atoms with Crippen LogP contribution in [0.5, 0.6) is 0 Å². The molecule has 0 bridgehead atoms. The Morgan fingerprint density at radius 1 is 1.42 bits per heavy atom. The summed E-state index contributed by atoms with van der Waals surface area (Å²) < 4.78 is 5.25. The molecule has 0 amide bonds. The van der Waals surface area contributed by atoms with Gasteiger partial charge in [-0.25, -0.2) is 4.98 Å². The number of hydrogen-bond acceptors (Lipinski definition) is 4. The molecule has 1 rings (SSSR count). The zero-order chi connectivity index (χ0) is 13.2. The van der Waals surface area contributed by atoms with E-state index in [0.29, 0.717) is 13.2 Å². The van der Waals surface area contributed by atoms with E-state index in [1.54, 1.807) is 18.4 Å². The Morgan fingerprint density at radius 3 is 2.79 bits per heavy atom. The quantitative estimate of drug-likeness (QED) is 0.319. The molecule has 0 saturated heterocycles. The number of thiazole rings is 1. The Labute approximate surface area is 136 Å². The van der Waals surface area contributed by atoms with Crippen LogP contribution in [0.15, 0.2) is 10.4 Å². The predicted octanol–water partition coefficient (Wildman–Crippen LogP) is 2.02. The monoisotopic (exact) mass is 398 g/mol. The first kappa shape index (κ1) is 18.6. The maximum Gasteiger partial charge on any atom is 0.191 e. The second kappa shape index (κ2) is 11.4. The third-order valence-electron chi connectivity index (χ3n) is 2.31. The molecule has 0 fully saturated rings. The Kier molecular flexibility index (Phi) is 11.2. The summed E-state index contributed by atoms with van der Waals surface area (Å²) in [4.78, 5) is 8.64. The normalized spacial score (nSPS) is 11.0. The van der Waals surface area contributed by atoms with Crippen molar-refractivity contribution >= 4 is 41.3 Å². The topological polar surface area (TPSA) is 58.5 Å². The van der Waals surface area contributed by atoms with Crippen LogP contribution in [0.1, 0.15) is 24.5 Å². The van der Waals surface area contributed by atoms with Gasteiger partial charge in [0.2, 0.25) is 0 Å². The van der Waals surface area contributed by atoms with Crippen molar-refractivity contribution in [2.75, 3.05) is 26.8 Å². The van der Waals surface area contributed by atoms with Gasteiger partial charge in [0.05, 0.1) is 23.9 Å². The Bertz CT molecular complexity index is 370. The fraction of sp³-hybridized carbons (Fsp3) is 0.667. The van der Waals surface area contributed by atoms with Crippen molar-refractivity contribution in [2.45, 2.75) is 26.8 Å². The first-order valence-corrected chi connectivity index (χ1v) is 7.13. The summed E-state index contributed by atoms with van der Waals surface area (Å²) >= 11 is 1.70. The molecule has 1 aromatic heterocycles. The number of nitrogens with one attached hydrogen (secondary N) is 2. The zero-order valence-corrected chi connectivity index (χ0v) is 14.9. The molecule has 0 aliphatic rings. The fourth-order valence-corrected chi connectivity index (χ4v) is 2.12. The molecule has 0 aromatic carbocycles. The van der Waals surface area contributed by atoms with Crippen molar-refractivity contribution in [2.24, 2.45) is 4.99 Å². The summed E-state index contributed by atoms with van der Waals surface area (Å²) in [6, 6.07) is 0. The summed E-state index contributed by atoms with van der Waals surface area (Å²) in [6.07, 6.45) is 0.992. The number of halogens is 1. The molecule has 0 spiro atoms. The highest BCUT2D eigenvalue weighted by Crippen LogP contribution is 2.09. The molecule has 0 aliphatic carbocycles. The van der Waals surface area contributed by atoms with E-state index < -0.39 is 0 Å². The van der Waals surface area contributed by atoms with Crippen LogP contribution in [-0.2, 0) is 17.7 Å². The minimum atomic E-state index is 0. The third kappa shape index (κ3) is 7.68. The molecule has 1 heterocycles. The van der Waals surface area contributed by atoms with Gasteiger partial charge >= 0.3 is 0 Å². The summed E-state index contributed by atoms with van der Waals surface area (Å²) in [6.45, 7) is 6.99. The van der Waals surface area contributed by atoms with Crippen LogP contribution in [-0.4, -0.2) is 37.7 Å². The number of aromatic nitrogens is 1. The SMILES string of the molecule is CCOCCNC(=NC)NCc1csc(CC)n1.I. The molecule has 0 aliphatic heterocycles. The molecule has 2 N–H and O–H groups in total. The highest BCUT2D eigenvalue weighted by molar-refractivity contribution is 14.0. The molecule has 5 nitrogen and oxygen atoms in total. The van der Waals surface area contributed by atoms with Gasteiger partial charge in [0.25, 0.3) is 0 Å². The van der Waals surface area contributed by atoms with Gasteiger partial charge < -0.3 is 15.4 Å². The predicted molar refractivity (Wildman–Crippen MR) is 91.6 cm³/mol. The minimum absolute atomic E-state index is 0.